The number of carbonyl (C=O) groups is 1. The van der Waals surface area contributed by atoms with Gasteiger partial charge in [0.05, 0.1) is 0 Å². The van der Waals surface area contributed by atoms with E-state index in [0.29, 0.717) is 10.6 Å². The monoisotopic (exact) mass is 281 g/mol. The highest BCUT2D eigenvalue weighted by molar-refractivity contribution is 7.07. The SMILES string of the molecule is N[C@@](Cc1ccsc1)(C(=O)O)c1cccc(Cl)c1. The van der Waals surface area contributed by atoms with Crippen LogP contribution in [0.2, 0.25) is 5.02 Å². The van der Waals surface area contributed by atoms with Crippen LogP contribution < -0.4 is 5.73 Å². The Morgan fingerprint density at radius 3 is 2.78 bits per heavy atom. The molecule has 0 spiro atoms. The molecule has 3 N–H and O–H groups in total. The Balaban J connectivity index is 2.41. The number of benzene rings is 1. The highest BCUT2D eigenvalue weighted by Crippen LogP contribution is 2.26. The number of thiophene rings is 1. The second-order valence-electron chi connectivity index (χ2n) is 4.10. The number of carboxylic acids is 1. The maximum Gasteiger partial charge on any atom is 0.328 e. The second kappa shape index (κ2) is 5.10. The predicted molar refractivity (Wildman–Crippen MR) is 73.0 cm³/mol. The summed E-state index contributed by atoms with van der Waals surface area (Å²) >= 11 is 7.41. The molecule has 1 heterocycles. The highest BCUT2D eigenvalue weighted by atomic mass is 35.5. The van der Waals surface area contributed by atoms with Crippen molar-refractivity contribution in [2.45, 2.75) is 12.0 Å². The van der Waals surface area contributed by atoms with Crippen molar-refractivity contribution < 1.29 is 9.90 Å². The standard InChI is InChI=1S/C13H12ClNO2S/c14-11-3-1-2-10(6-11)13(15,12(16)17)7-9-4-5-18-8-9/h1-6,8H,7,15H2,(H,16,17)/t13-/m1/s1. The zero-order valence-electron chi connectivity index (χ0n) is 9.47. The van der Waals surface area contributed by atoms with E-state index in [0.717, 1.165) is 5.56 Å². The quantitative estimate of drug-likeness (QED) is 0.906. The lowest BCUT2D eigenvalue weighted by atomic mass is 9.85. The van der Waals surface area contributed by atoms with E-state index in [4.69, 9.17) is 17.3 Å². The minimum Gasteiger partial charge on any atom is -0.480 e. The summed E-state index contributed by atoms with van der Waals surface area (Å²) in [5.74, 6) is -1.06. The van der Waals surface area contributed by atoms with Crippen molar-refractivity contribution in [3.63, 3.8) is 0 Å². The molecular formula is C13H12ClNO2S. The molecule has 0 aliphatic carbocycles. The summed E-state index contributed by atoms with van der Waals surface area (Å²) in [6.45, 7) is 0. The van der Waals surface area contributed by atoms with Crippen molar-refractivity contribution in [3.8, 4) is 0 Å². The first-order chi connectivity index (χ1) is 8.52. The largest absolute Gasteiger partial charge is 0.480 e. The summed E-state index contributed by atoms with van der Waals surface area (Å²) in [6, 6.07) is 8.56. The van der Waals surface area contributed by atoms with Crippen LogP contribution in [0.15, 0.2) is 41.1 Å². The summed E-state index contributed by atoms with van der Waals surface area (Å²) < 4.78 is 0. The Hall–Kier alpha value is -1.36. The molecule has 0 aliphatic rings. The summed E-state index contributed by atoms with van der Waals surface area (Å²) in [7, 11) is 0. The van der Waals surface area contributed by atoms with Gasteiger partial charge in [-0.05, 0) is 40.1 Å². The average Bonchev–Trinajstić information content (AvgIpc) is 2.81. The number of nitrogens with two attached hydrogens (primary N) is 1. The first-order valence-corrected chi connectivity index (χ1v) is 6.64. The zero-order valence-corrected chi connectivity index (χ0v) is 11.0. The number of halogens is 1. The maximum atomic E-state index is 11.5. The first-order valence-electron chi connectivity index (χ1n) is 5.32. The van der Waals surface area contributed by atoms with Gasteiger partial charge in [-0.25, -0.2) is 4.79 Å². The van der Waals surface area contributed by atoms with E-state index in [-0.39, 0.29) is 6.42 Å². The molecule has 2 rings (SSSR count). The van der Waals surface area contributed by atoms with Crippen LogP contribution in [0.25, 0.3) is 0 Å². The van der Waals surface area contributed by atoms with E-state index in [9.17, 15) is 9.90 Å². The molecule has 94 valence electrons. The molecule has 0 saturated carbocycles. The number of carboxylic acid groups (broad SMARTS) is 1. The van der Waals surface area contributed by atoms with Gasteiger partial charge in [-0.15, -0.1) is 0 Å². The topological polar surface area (TPSA) is 63.3 Å². The second-order valence-corrected chi connectivity index (χ2v) is 5.31. The van der Waals surface area contributed by atoms with Crippen LogP contribution in [0.5, 0.6) is 0 Å². The molecule has 0 aliphatic heterocycles. The number of hydrogen-bond acceptors (Lipinski definition) is 3. The van der Waals surface area contributed by atoms with E-state index in [1.807, 2.05) is 16.8 Å². The highest BCUT2D eigenvalue weighted by Gasteiger charge is 2.36. The smallest absolute Gasteiger partial charge is 0.328 e. The Labute approximate surface area is 114 Å². The van der Waals surface area contributed by atoms with Crippen molar-refractivity contribution in [1.82, 2.24) is 0 Å². The molecule has 1 aromatic heterocycles. The van der Waals surface area contributed by atoms with Gasteiger partial charge in [0, 0.05) is 11.4 Å². The van der Waals surface area contributed by atoms with Crippen LogP contribution in [0.1, 0.15) is 11.1 Å². The van der Waals surface area contributed by atoms with Crippen molar-refractivity contribution in [2.24, 2.45) is 5.73 Å². The fraction of sp³-hybridized carbons (Fsp3) is 0.154. The van der Waals surface area contributed by atoms with Crippen LogP contribution in [0.4, 0.5) is 0 Å². The number of hydrogen-bond donors (Lipinski definition) is 2. The fourth-order valence-corrected chi connectivity index (χ4v) is 2.64. The van der Waals surface area contributed by atoms with Crippen LogP contribution >= 0.6 is 22.9 Å². The number of aliphatic carboxylic acids is 1. The van der Waals surface area contributed by atoms with Crippen molar-refractivity contribution >= 4 is 28.9 Å². The van der Waals surface area contributed by atoms with Gasteiger partial charge >= 0.3 is 5.97 Å². The Morgan fingerprint density at radius 2 is 2.22 bits per heavy atom. The lowest BCUT2D eigenvalue weighted by Crippen LogP contribution is -2.46. The van der Waals surface area contributed by atoms with Crippen molar-refractivity contribution in [2.75, 3.05) is 0 Å². The minimum atomic E-state index is -1.45. The molecule has 0 unspecified atom stereocenters. The van der Waals surface area contributed by atoms with Crippen molar-refractivity contribution in [3.05, 3.63) is 57.2 Å². The zero-order chi connectivity index (χ0) is 13.2. The minimum absolute atomic E-state index is 0.242. The van der Waals surface area contributed by atoms with Gasteiger partial charge in [0.1, 0.15) is 5.54 Å². The molecule has 2 aromatic rings. The van der Waals surface area contributed by atoms with E-state index in [1.54, 1.807) is 24.3 Å². The third-order valence-electron chi connectivity index (χ3n) is 2.78. The fourth-order valence-electron chi connectivity index (χ4n) is 1.78. The van der Waals surface area contributed by atoms with Gasteiger partial charge < -0.3 is 10.8 Å². The van der Waals surface area contributed by atoms with Gasteiger partial charge in [-0.2, -0.15) is 11.3 Å². The summed E-state index contributed by atoms with van der Waals surface area (Å²) in [5.41, 5.74) is 6.03. The Kier molecular flexibility index (Phi) is 3.71. The molecule has 1 atom stereocenters. The molecule has 5 heteroatoms. The molecular weight excluding hydrogens is 270 g/mol. The third kappa shape index (κ3) is 2.56. The van der Waals surface area contributed by atoms with E-state index < -0.39 is 11.5 Å². The van der Waals surface area contributed by atoms with Crippen LogP contribution in [0.3, 0.4) is 0 Å². The molecule has 0 saturated heterocycles. The molecule has 0 fully saturated rings. The van der Waals surface area contributed by atoms with Gasteiger partial charge in [0.15, 0.2) is 0 Å². The van der Waals surface area contributed by atoms with Gasteiger partial charge in [0.2, 0.25) is 0 Å². The molecule has 1 aromatic carbocycles. The number of rotatable bonds is 4. The normalized spacial score (nSPS) is 14.1. The Morgan fingerprint density at radius 1 is 1.44 bits per heavy atom. The summed E-state index contributed by atoms with van der Waals surface area (Å²) in [4.78, 5) is 11.5. The van der Waals surface area contributed by atoms with Gasteiger partial charge in [-0.3, -0.25) is 0 Å². The van der Waals surface area contributed by atoms with Gasteiger partial charge in [0.25, 0.3) is 0 Å². The molecule has 18 heavy (non-hydrogen) atoms. The van der Waals surface area contributed by atoms with Crippen molar-refractivity contribution in [1.29, 1.82) is 0 Å². The molecule has 0 radical (unpaired) electrons. The lowest BCUT2D eigenvalue weighted by Gasteiger charge is -2.25. The van der Waals surface area contributed by atoms with E-state index in [1.165, 1.54) is 11.3 Å². The maximum absolute atomic E-state index is 11.5. The summed E-state index contributed by atoms with van der Waals surface area (Å²) in [6.07, 6.45) is 0.242. The molecule has 0 amide bonds. The van der Waals surface area contributed by atoms with Crippen LogP contribution in [0, 0.1) is 0 Å². The first kappa shape index (κ1) is 13.1. The summed E-state index contributed by atoms with van der Waals surface area (Å²) in [5, 5.41) is 13.7. The van der Waals surface area contributed by atoms with Crippen LogP contribution in [-0.4, -0.2) is 11.1 Å². The average molecular weight is 282 g/mol. The van der Waals surface area contributed by atoms with Gasteiger partial charge in [-0.1, -0.05) is 23.7 Å². The predicted octanol–water partition coefficient (Wildman–Crippen LogP) is 2.88. The van der Waals surface area contributed by atoms with E-state index >= 15 is 0 Å². The molecule has 3 nitrogen and oxygen atoms in total. The lowest BCUT2D eigenvalue weighted by molar-refractivity contribution is -0.143. The van der Waals surface area contributed by atoms with Crippen LogP contribution in [-0.2, 0) is 16.8 Å². The van der Waals surface area contributed by atoms with E-state index in [2.05, 4.69) is 0 Å². The molecule has 0 bridgehead atoms. The Bertz CT molecular complexity index is 556. The third-order valence-corrected chi connectivity index (χ3v) is 3.75.